The van der Waals surface area contributed by atoms with E-state index in [9.17, 15) is 0 Å². The highest BCUT2D eigenvalue weighted by Gasteiger charge is 2.49. The molecule has 10 aromatic rings. The summed E-state index contributed by atoms with van der Waals surface area (Å²) in [7, 11) is 0. The molecule has 18 aliphatic rings. The zero-order valence-corrected chi connectivity index (χ0v) is 58.9. The predicted molar refractivity (Wildman–Crippen MR) is 416 cm³/mol. The van der Waals surface area contributed by atoms with Crippen LogP contribution in [0.2, 0.25) is 0 Å². The zero-order valence-electron chi connectivity index (χ0n) is 58.9. The number of ether oxygens (including phenoxy) is 6. The number of pyridine rings is 3. The standard InChI is InChI=1S/C16H14N2O.2C16H12N2O.C15H11N3O.C12H13N3O.C12H11N3O/c3*1-2-5-12-11(4-1)10-15-17-8-9-19-14-7-3-6-13(16(14)17)18(12)15;1-2-12-15-13(3-1)19-7-6-17(15)14-8-10-9-16-5-4-11(10)18(12)14;2*1-2-13-6-9-5-12-14-3-4-16-8-10(14)7-15(12)11(1)9/h1-7,15H,8-10H2;2*1-9,15H,10H2;1-7,9,14H,8H2;1-2,6-7,12H,3-5,8H2;1-4,6-7,12H,5,8H2. The van der Waals surface area contributed by atoms with E-state index in [1.165, 1.54) is 124 Å². The Morgan fingerprint density at radius 3 is 1.26 bits per heavy atom. The summed E-state index contributed by atoms with van der Waals surface area (Å²) < 4.78 is 33.4. The van der Waals surface area contributed by atoms with Gasteiger partial charge in [-0.15, -0.1) is 0 Å². The molecule has 1 fully saturated rings. The summed E-state index contributed by atoms with van der Waals surface area (Å²) in [5.41, 5.74) is 28.5. The second kappa shape index (κ2) is 24.3. The maximum Gasteiger partial charge on any atom is 0.152 e. The first-order valence-corrected chi connectivity index (χ1v) is 37.4. The number of hydrogen-bond donors (Lipinski definition) is 0. The molecule has 6 unspecified atom stereocenters. The van der Waals surface area contributed by atoms with E-state index in [4.69, 9.17) is 28.4 Å². The first kappa shape index (κ1) is 61.3. The molecular weight excluding hydrogens is 1350 g/mol. The monoisotopic (exact) mass is 1420 g/mol. The van der Waals surface area contributed by atoms with Crippen molar-refractivity contribution < 1.29 is 28.4 Å². The summed E-state index contributed by atoms with van der Waals surface area (Å²) in [6, 6.07) is 57.5. The second-order valence-electron chi connectivity index (χ2n) is 29.3. The minimum atomic E-state index is 0.315. The summed E-state index contributed by atoms with van der Waals surface area (Å²) >= 11 is 0. The molecule has 0 aliphatic carbocycles. The molecule has 21 heteroatoms. The van der Waals surface area contributed by atoms with Gasteiger partial charge in [-0.1, -0.05) is 78.9 Å². The number of benzene rings is 7. The van der Waals surface area contributed by atoms with E-state index in [2.05, 4.69) is 226 Å². The molecule has 0 bridgehead atoms. The van der Waals surface area contributed by atoms with Gasteiger partial charge in [0.15, 0.2) is 17.2 Å². The van der Waals surface area contributed by atoms with Gasteiger partial charge in [0, 0.05) is 154 Å². The van der Waals surface area contributed by atoms with Crippen molar-refractivity contribution in [2.24, 2.45) is 0 Å². The van der Waals surface area contributed by atoms with Crippen LogP contribution in [0.5, 0.6) is 23.0 Å². The number of para-hydroxylation sites is 7. The molecule has 18 aliphatic heterocycles. The highest BCUT2D eigenvalue weighted by molar-refractivity contribution is 5.95. The van der Waals surface area contributed by atoms with Crippen molar-refractivity contribution in [1.82, 2.24) is 24.8 Å². The lowest BCUT2D eigenvalue weighted by Gasteiger charge is -2.32. The molecule has 21 nitrogen and oxygen atoms in total. The fourth-order valence-electron chi connectivity index (χ4n) is 19.4. The minimum absolute atomic E-state index is 0.315. The van der Waals surface area contributed by atoms with Crippen molar-refractivity contribution in [2.75, 3.05) is 88.5 Å². The minimum Gasteiger partial charge on any atom is -0.493 e. The Morgan fingerprint density at radius 1 is 0.296 bits per heavy atom. The lowest BCUT2D eigenvalue weighted by Crippen LogP contribution is -2.42. The Kier molecular flexibility index (Phi) is 13.8. The average Bonchev–Trinajstić information content (AvgIpc) is 1.88. The second-order valence-corrected chi connectivity index (χ2v) is 29.3. The van der Waals surface area contributed by atoms with Crippen LogP contribution < -0.4 is 67.9 Å². The van der Waals surface area contributed by atoms with Crippen LogP contribution in [0.15, 0.2) is 275 Å². The lowest BCUT2D eigenvalue weighted by molar-refractivity contribution is 0.0648. The molecule has 0 amide bonds. The van der Waals surface area contributed by atoms with Gasteiger partial charge in [-0.05, 0) is 118 Å². The summed E-state index contributed by atoms with van der Waals surface area (Å²) in [6.45, 7) is 5.05. The SMILES string of the molecule is C1=C2COCCN2C2Cc3cnccc3N12.C1=CN2C(=CN3c4ccncc4CC23)CO1.C1=CN2c3c(cccc3N3c4ccccc4CC23)O1.C1=CN2c3c(cccc3N3c4ccccc4CC23)O1.C1=CN2c3c(cccc3N3c4ccncc4CC23)O1.c1ccc2c(c1)CC1N3CCOc4cccc(c43)N21. The van der Waals surface area contributed by atoms with Crippen LogP contribution in [0.25, 0.3) is 0 Å². The molecule has 1 saturated heterocycles. The van der Waals surface area contributed by atoms with Gasteiger partial charge in [-0.3, -0.25) is 15.0 Å². The van der Waals surface area contributed by atoms with E-state index >= 15 is 0 Å². The van der Waals surface area contributed by atoms with Gasteiger partial charge in [0.05, 0.1) is 60.2 Å². The Bertz CT molecular complexity index is 5270. The van der Waals surface area contributed by atoms with Crippen molar-refractivity contribution in [3.8, 4) is 23.0 Å². The van der Waals surface area contributed by atoms with Gasteiger partial charge in [0.1, 0.15) is 97.5 Å². The Hall–Kier alpha value is -13.0. The molecule has 6 atom stereocenters. The molecular formula is C87H73N15O6. The molecule has 21 heterocycles. The molecule has 0 radical (unpaired) electrons. The topological polar surface area (TPSA) is 133 Å². The third-order valence-corrected chi connectivity index (χ3v) is 23.9. The van der Waals surface area contributed by atoms with Gasteiger partial charge in [0.2, 0.25) is 0 Å². The highest BCUT2D eigenvalue weighted by atomic mass is 16.5. The van der Waals surface area contributed by atoms with E-state index in [1.54, 1.807) is 25.0 Å². The van der Waals surface area contributed by atoms with Crippen molar-refractivity contribution in [1.29, 1.82) is 0 Å². The third-order valence-electron chi connectivity index (χ3n) is 23.9. The first-order valence-electron chi connectivity index (χ1n) is 37.4. The first-order chi connectivity index (χ1) is 53.6. The van der Waals surface area contributed by atoms with Gasteiger partial charge in [-0.25, -0.2) is 0 Å². The van der Waals surface area contributed by atoms with Crippen LogP contribution in [0.3, 0.4) is 0 Å². The van der Waals surface area contributed by atoms with Crippen LogP contribution in [-0.4, -0.2) is 101 Å². The van der Waals surface area contributed by atoms with E-state index < -0.39 is 0 Å². The number of hydrogen-bond acceptors (Lipinski definition) is 21. The molecule has 0 saturated carbocycles. The normalized spacial score (nSPS) is 22.4. The van der Waals surface area contributed by atoms with Crippen LogP contribution in [0, 0.1) is 0 Å². The largest absolute Gasteiger partial charge is 0.493 e. The van der Waals surface area contributed by atoms with Crippen LogP contribution in [0.1, 0.15) is 33.4 Å². The smallest absolute Gasteiger partial charge is 0.152 e. The number of rotatable bonds is 0. The molecule has 0 N–H and O–H groups in total. The van der Waals surface area contributed by atoms with Gasteiger partial charge < -0.3 is 87.2 Å². The quantitative estimate of drug-likeness (QED) is 0.142. The van der Waals surface area contributed by atoms with Gasteiger partial charge in [0.25, 0.3) is 0 Å². The number of fused-ring (bicyclic) bond motifs is 30. The van der Waals surface area contributed by atoms with Crippen LogP contribution >= 0.6 is 0 Å². The van der Waals surface area contributed by atoms with E-state index in [0.717, 1.165) is 94.4 Å². The number of nitrogens with zero attached hydrogens (tertiary/aromatic N) is 15. The number of morpholine rings is 1. The lowest BCUT2D eigenvalue weighted by atomic mass is 10.1. The summed E-state index contributed by atoms with van der Waals surface area (Å²) in [5, 5.41) is 0. The van der Waals surface area contributed by atoms with Crippen LogP contribution in [0.4, 0.5) is 79.6 Å². The van der Waals surface area contributed by atoms with Crippen molar-refractivity contribution in [3.05, 3.63) is 308 Å². The summed E-state index contributed by atoms with van der Waals surface area (Å²) in [6.07, 6.45) is 39.7. The Morgan fingerprint density at radius 2 is 0.704 bits per heavy atom. The predicted octanol–water partition coefficient (Wildman–Crippen LogP) is 14.9. The van der Waals surface area contributed by atoms with Crippen molar-refractivity contribution >= 4 is 79.6 Å². The highest BCUT2D eigenvalue weighted by Crippen LogP contribution is 2.59. The van der Waals surface area contributed by atoms with E-state index in [0.29, 0.717) is 43.6 Å². The molecule has 532 valence electrons. The Balaban J connectivity index is 0.0000000784. The van der Waals surface area contributed by atoms with Gasteiger partial charge >= 0.3 is 0 Å². The molecule has 3 aromatic heterocycles. The van der Waals surface area contributed by atoms with Gasteiger partial charge in [-0.2, -0.15) is 0 Å². The maximum absolute atomic E-state index is 5.80. The zero-order chi connectivity index (χ0) is 70.7. The Labute approximate surface area is 624 Å². The van der Waals surface area contributed by atoms with Crippen LogP contribution in [-0.2, 0) is 48.0 Å². The number of aromatic nitrogens is 3. The molecule has 7 aromatic carbocycles. The summed E-state index contributed by atoms with van der Waals surface area (Å²) in [5.74, 6) is 3.87. The van der Waals surface area contributed by atoms with Crippen molar-refractivity contribution in [2.45, 2.75) is 75.5 Å². The third kappa shape index (κ3) is 9.29. The van der Waals surface area contributed by atoms with E-state index in [-0.39, 0.29) is 0 Å². The molecule has 108 heavy (non-hydrogen) atoms. The number of anilines is 14. The average molecular weight is 1420 g/mol. The van der Waals surface area contributed by atoms with E-state index in [1.807, 2.05) is 86.2 Å². The maximum atomic E-state index is 5.80. The summed E-state index contributed by atoms with van der Waals surface area (Å²) in [4.78, 5) is 41.2. The fourth-order valence-corrected chi connectivity index (χ4v) is 19.4. The van der Waals surface area contributed by atoms with Crippen molar-refractivity contribution in [3.63, 3.8) is 0 Å². The fraction of sp³-hybridized carbons (Fsp3) is 0.207. The molecule has 0 spiro atoms. The molecule has 28 rings (SSSR count).